The molecular formula is C17H17ClN2O2S. The van der Waals surface area contributed by atoms with Gasteiger partial charge >= 0.3 is 0 Å². The molecule has 2 heterocycles. The summed E-state index contributed by atoms with van der Waals surface area (Å²) in [6.45, 7) is 1.88. The number of amides is 1. The monoisotopic (exact) mass is 348 g/mol. The molecule has 0 radical (unpaired) electrons. The van der Waals surface area contributed by atoms with Crippen LogP contribution in [0, 0.1) is 0 Å². The van der Waals surface area contributed by atoms with Crippen LogP contribution in [0.25, 0.3) is 10.9 Å². The van der Waals surface area contributed by atoms with Crippen LogP contribution in [-0.2, 0) is 16.8 Å². The zero-order valence-electron chi connectivity index (χ0n) is 12.6. The Morgan fingerprint density at radius 1 is 1.43 bits per heavy atom. The Hall–Kier alpha value is -1.82. The highest BCUT2D eigenvalue weighted by atomic mass is 35.5. The van der Waals surface area contributed by atoms with Crippen LogP contribution in [0.1, 0.15) is 17.4 Å². The number of benzene rings is 1. The van der Waals surface area contributed by atoms with Crippen molar-refractivity contribution in [3.63, 3.8) is 0 Å². The van der Waals surface area contributed by atoms with E-state index in [-0.39, 0.29) is 18.9 Å². The van der Waals surface area contributed by atoms with Crippen molar-refractivity contribution in [1.29, 1.82) is 0 Å². The quantitative estimate of drug-likeness (QED) is 0.661. The Labute approximate surface area is 143 Å². The van der Waals surface area contributed by atoms with Crippen molar-refractivity contribution in [3.8, 4) is 0 Å². The summed E-state index contributed by atoms with van der Waals surface area (Å²) in [5.74, 6) is -0.127. The molecule has 0 saturated heterocycles. The molecule has 23 heavy (non-hydrogen) atoms. The van der Waals surface area contributed by atoms with Crippen molar-refractivity contribution in [2.24, 2.45) is 0 Å². The van der Waals surface area contributed by atoms with Gasteiger partial charge < -0.3 is 15.4 Å². The van der Waals surface area contributed by atoms with E-state index in [0.29, 0.717) is 5.02 Å². The molecule has 1 aromatic carbocycles. The summed E-state index contributed by atoms with van der Waals surface area (Å²) in [5, 5.41) is 16.8. The lowest BCUT2D eigenvalue weighted by Gasteiger charge is -2.22. The van der Waals surface area contributed by atoms with Gasteiger partial charge in [0.05, 0.1) is 13.0 Å². The number of thiophene rings is 1. The third-order valence-electron chi connectivity index (χ3n) is 3.76. The molecule has 0 aliphatic carbocycles. The lowest BCUT2D eigenvalue weighted by atomic mass is 10.0. The van der Waals surface area contributed by atoms with Gasteiger partial charge in [0.25, 0.3) is 0 Å². The molecular weight excluding hydrogens is 332 g/mol. The number of hydrogen-bond acceptors (Lipinski definition) is 3. The van der Waals surface area contributed by atoms with Crippen molar-refractivity contribution in [3.05, 3.63) is 57.4 Å². The topological polar surface area (TPSA) is 65.1 Å². The van der Waals surface area contributed by atoms with E-state index in [1.165, 1.54) is 11.3 Å². The van der Waals surface area contributed by atoms with Gasteiger partial charge in [-0.15, -0.1) is 11.3 Å². The number of nitrogens with one attached hydrogen (secondary N) is 2. The van der Waals surface area contributed by atoms with Gasteiger partial charge in [-0.2, -0.15) is 0 Å². The first-order chi connectivity index (χ1) is 11.0. The number of aromatic amines is 1. The molecule has 0 bridgehead atoms. The van der Waals surface area contributed by atoms with Gasteiger partial charge in [0.1, 0.15) is 5.60 Å². The predicted molar refractivity (Wildman–Crippen MR) is 93.9 cm³/mol. The van der Waals surface area contributed by atoms with Crippen LogP contribution in [0.2, 0.25) is 5.02 Å². The van der Waals surface area contributed by atoms with Crippen LogP contribution in [0.15, 0.2) is 41.9 Å². The van der Waals surface area contributed by atoms with Gasteiger partial charge in [0, 0.05) is 27.0 Å². The number of fused-ring (bicyclic) bond motifs is 1. The number of aliphatic hydroxyl groups is 1. The summed E-state index contributed by atoms with van der Waals surface area (Å²) in [6, 6.07) is 9.28. The summed E-state index contributed by atoms with van der Waals surface area (Å²) < 4.78 is 0. The van der Waals surface area contributed by atoms with E-state index in [4.69, 9.17) is 11.6 Å². The van der Waals surface area contributed by atoms with E-state index in [1.807, 2.05) is 35.8 Å². The summed E-state index contributed by atoms with van der Waals surface area (Å²) in [5.41, 5.74) is 0.758. The Morgan fingerprint density at radius 3 is 3.00 bits per heavy atom. The van der Waals surface area contributed by atoms with Crippen molar-refractivity contribution >= 4 is 39.7 Å². The first-order valence-electron chi connectivity index (χ1n) is 7.24. The predicted octanol–water partition coefficient (Wildman–Crippen LogP) is 3.45. The van der Waals surface area contributed by atoms with Crippen LogP contribution in [0.4, 0.5) is 0 Å². The average molecular weight is 349 g/mol. The first-order valence-corrected chi connectivity index (χ1v) is 8.50. The third-order valence-corrected chi connectivity index (χ3v) is 5.12. The van der Waals surface area contributed by atoms with E-state index < -0.39 is 5.60 Å². The smallest absolute Gasteiger partial charge is 0.224 e. The SMILES string of the molecule is CC(O)(CNC(=O)Cc1c[nH]c2cc(Cl)ccc12)c1cccs1. The van der Waals surface area contributed by atoms with Crippen LogP contribution < -0.4 is 5.32 Å². The highest BCUT2D eigenvalue weighted by molar-refractivity contribution is 7.10. The number of halogens is 1. The number of hydrogen-bond donors (Lipinski definition) is 3. The largest absolute Gasteiger partial charge is 0.383 e. The van der Waals surface area contributed by atoms with Gasteiger partial charge in [-0.3, -0.25) is 4.79 Å². The summed E-state index contributed by atoms with van der Waals surface area (Å²) in [7, 11) is 0. The fourth-order valence-electron chi connectivity index (χ4n) is 2.48. The highest BCUT2D eigenvalue weighted by Gasteiger charge is 2.24. The zero-order chi connectivity index (χ0) is 16.4. The molecule has 120 valence electrons. The van der Waals surface area contributed by atoms with E-state index in [0.717, 1.165) is 21.3 Å². The second kappa shape index (κ2) is 6.35. The molecule has 4 nitrogen and oxygen atoms in total. The van der Waals surface area contributed by atoms with Crippen molar-refractivity contribution in [2.45, 2.75) is 18.9 Å². The standard InChI is InChI=1S/C17H17ClN2O2S/c1-17(22,15-3-2-6-23-15)10-20-16(21)7-11-9-19-14-8-12(18)4-5-13(11)14/h2-6,8-9,19,22H,7,10H2,1H3,(H,20,21). The summed E-state index contributed by atoms with van der Waals surface area (Å²) >= 11 is 7.43. The van der Waals surface area contributed by atoms with Crippen LogP contribution >= 0.6 is 22.9 Å². The Kier molecular flexibility index (Phi) is 4.43. The minimum absolute atomic E-state index is 0.127. The molecule has 0 spiro atoms. The minimum Gasteiger partial charge on any atom is -0.383 e. The number of aromatic nitrogens is 1. The normalized spacial score (nSPS) is 13.9. The summed E-state index contributed by atoms with van der Waals surface area (Å²) in [4.78, 5) is 16.1. The maximum absolute atomic E-state index is 12.2. The molecule has 3 aromatic rings. The Bertz CT molecular complexity index is 824. The number of carbonyl (C=O) groups excluding carboxylic acids is 1. The van der Waals surface area contributed by atoms with Gasteiger partial charge in [-0.25, -0.2) is 0 Å². The molecule has 1 amide bonds. The lowest BCUT2D eigenvalue weighted by molar-refractivity contribution is -0.121. The lowest BCUT2D eigenvalue weighted by Crippen LogP contribution is -2.38. The van der Waals surface area contributed by atoms with Crippen molar-refractivity contribution in [2.75, 3.05) is 6.54 Å². The van der Waals surface area contributed by atoms with Crippen LogP contribution in [-0.4, -0.2) is 22.5 Å². The number of H-pyrrole nitrogens is 1. The molecule has 2 aromatic heterocycles. The molecule has 0 aliphatic heterocycles. The van der Waals surface area contributed by atoms with Crippen molar-refractivity contribution < 1.29 is 9.90 Å². The van der Waals surface area contributed by atoms with Crippen LogP contribution in [0.3, 0.4) is 0 Å². The highest BCUT2D eigenvalue weighted by Crippen LogP contribution is 2.25. The molecule has 0 fully saturated rings. The Morgan fingerprint density at radius 2 is 2.26 bits per heavy atom. The van der Waals surface area contributed by atoms with Crippen LogP contribution in [0.5, 0.6) is 0 Å². The maximum Gasteiger partial charge on any atom is 0.224 e. The first kappa shape index (κ1) is 16.1. The van der Waals surface area contributed by atoms with E-state index in [2.05, 4.69) is 10.3 Å². The molecule has 3 N–H and O–H groups in total. The third kappa shape index (κ3) is 3.58. The fraction of sp³-hybridized carbons (Fsp3) is 0.235. The second-order valence-electron chi connectivity index (χ2n) is 5.71. The van der Waals surface area contributed by atoms with E-state index >= 15 is 0 Å². The molecule has 0 aliphatic rings. The van der Waals surface area contributed by atoms with Gasteiger partial charge in [0.15, 0.2) is 0 Å². The van der Waals surface area contributed by atoms with Gasteiger partial charge in [-0.05, 0) is 36.1 Å². The number of carbonyl (C=O) groups is 1. The van der Waals surface area contributed by atoms with Gasteiger partial charge in [0.2, 0.25) is 5.91 Å². The molecule has 1 unspecified atom stereocenters. The summed E-state index contributed by atoms with van der Waals surface area (Å²) in [6.07, 6.45) is 2.07. The van der Waals surface area contributed by atoms with Crippen molar-refractivity contribution in [1.82, 2.24) is 10.3 Å². The number of rotatable bonds is 5. The fourth-order valence-corrected chi connectivity index (χ4v) is 3.44. The zero-order valence-corrected chi connectivity index (χ0v) is 14.2. The van der Waals surface area contributed by atoms with E-state index in [9.17, 15) is 9.90 Å². The van der Waals surface area contributed by atoms with E-state index in [1.54, 1.807) is 13.0 Å². The second-order valence-corrected chi connectivity index (χ2v) is 7.09. The average Bonchev–Trinajstić information content (AvgIpc) is 3.16. The maximum atomic E-state index is 12.2. The molecule has 6 heteroatoms. The Balaban J connectivity index is 1.65. The molecule has 1 atom stereocenters. The van der Waals surface area contributed by atoms with Gasteiger partial charge in [-0.1, -0.05) is 23.7 Å². The minimum atomic E-state index is -1.06. The molecule has 3 rings (SSSR count). The molecule has 0 saturated carbocycles.